The summed E-state index contributed by atoms with van der Waals surface area (Å²) < 4.78 is 2.83. The van der Waals surface area contributed by atoms with Gasteiger partial charge in [0.2, 0.25) is 5.13 Å². The van der Waals surface area contributed by atoms with Gasteiger partial charge in [0.25, 0.3) is 0 Å². The number of aromatic nitrogens is 2. The molecule has 0 amide bonds. The van der Waals surface area contributed by atoms with Crippen LogP contribution in [-0.4, -0.2) is 22.9 Å². The predicted molar refractivity (Wildman–Crippen MR) is 94.7 cm³/mol. The van der Waals surface area contributed by atoms with Crippen molar-refractivity contribution in [2.45, 2.75) is 39.8 Å². The average Bonchev–Trinajstić information content (AvgIpc) is 2.85. The fourth-order valence-electron chi connectivity index (χ4n) is 2.88. The minimum Gasteiger partial charge on any atom is -0.330 e. The van der Waals surface area contributed by atoms with Gasteiger partial charge in [0.15, 0.2) is 10.6 Å². The van der Waals surface area contributed by atoms with Gasteiger partial charge in [0.1, 0.15) is 0 Å². The van der Waals surface area contributed by atoms with Crippen LogP contribution in [0.5, 0.6) is 0 Å². The summed E-state index contributed by atoms with van der Waals surface area (Å²) >= 11 is 7.04. The third-order valence-electron chi connectivity index (χ3n) is 4.39. The number of rotatable bonds is 4. The van der Waals surface area contributed by atoms with E-state index in [0.29, 0.717) is 0 Å². The molecule has 1 aliphatic rings. The van der Waals surface area contributed by atoms with Crippen molar-refractivity contribution in [3.63, 3.8) is 0 Å². The molecular formula is C16H23N4S2+. The molecule has 0 aliphatic carbocycles. The van der Waals surface area contributed by atoms with Gasteiger partial charge in [-0.25, -0.2) is 0 Å². The standard InChI is InChI=1S/C16H22N4S2/c1-12-7-6-8-14(13(12)2)17-15-18-20(16(21)22-15)11-19-9-4-3-5-10-19/h6-8H,3-5,9-11H2,1-2H3,(H,17,18)/p+1. The number of anilines is 2. The first-order chi connectivity index (χ1) is 10.6. The van der Waals surface area contributed by atoms with Crippen molar-refractivity contribution >= 4 is 34.4 Å². The zero-order valence-corrected chi connectivity index (χ0v) is 14.8. The minimum atomic E-state index is 0.853. The molecule has 118 valence electrons. The van der Waals surface area contributed by atoms with Gasteiger partial charge in [0.05, 0.1) is 13.1 Å². The van der Waals surface area contributed by atoms with Crippen LogP contribution in [0.25, 0.3) is 0 Å². The van der Waals surface area contributed by atoms with Crippen molar-refractivity contribution in [3.8, 4) is 0 Å². The molecule has 0 radical (unpaired) electrons. The maximum atomic E-state index is 5.48. The van der Waals surface area contributed by atoms with Gasteiger partial charge in [-0.05, 0) is 62.5 Å². The second-order valence-corrected chi connectivity index (χ2v) is 7.64. The van der Waals surface area contributed by atoms with Crippen LogP contribution in [0, 0.1) is 17.8 Å². The first-order valence-electron chi connectivity index (χ1n) is 7.88. The van der Waals surface area contributed by atoms with Crippen LogP contribution >= 0.6 is 23.6 Å². The van der Waals surface area contributed by atoms with E-state index in [-0.39, 0.29) is 0 Å². The first-order valence-corrected chi connectivity index (χ1v) is 9.11. The lowest BCUT2D eigenvalue weighted by Crippen LogP contribution is -3.12. The third kappa shape index (κ3) is 3.56. The molecule has 3 rings (SSSR count). The zero-order chi connectivity index (χ0) is 15.5. The minimum absolute atomic E-state index is 0.853. The second-order valence-electron chi connectivity index (χ2n) is 6.01. The van der Waals surface area contributed by atoms with Crippen molar-refractivity contribution in [1.29, 1.82) is 0 Å². The molecule has 1 saturated heterocycles. The summed E-state index contributed by atoms with van der Waals surface area (Å²) in [6.45, 7) is 7.62. The van der Waals surface area contributed by atoms with Crippen LogP contribution in [0.15, 0.2) is 18.2 Å². The molecular weight excluding hydrogens is 312 g/mol. The summed E-state index contributed by atoms with van der Waals surface area (Å²) in [4.78, 5) is 1.59. The van der Waals surface area contributed by atoms with Crippen LogP contribution < -0.4 is 10.2 Å². The number of hydrogen-bond donors (Lipinski definition) is 2. The van der Waals surface area contributed by atoms with E-state index in [1.54, 1.807) is 16.2 Å². The van der Waals surface area contributed by atoms with E-state index in [1.165, 1.54) is 43.5 Å². The van der Waals surface area contributed by atoms with Crippen LogP contribution in [0.3, 0.4) is 0 Å². The topological polar surface area (TPSA) is 34.3 Å². The number of hydrogen-bond acceptors (Lipinski definition) is 4. The molecule has 1 aliphatic heterocycles. The summed E-state index contributed by atoms with van der Waals surface area (Å²) in [6, 6.07) is 6.28. The molecule has 0 bridgehead atoms. The Bertz CT molecular complexity index is 698. The maximum Gasteiger partial charge on any atom is 0.209 e. The molecule has 0 saturated carbocycles. The van der Waals surface area contributed by atoms with E-state index in [0.717, 1.165) is 21.4 Å². The number of quaternary nitrogens is 1. The van der Waals surface area contributed by atoms with E-state index < -0.39 is 0 Å². The molecule has 4 nitrogen and oxygen atoms in total. The quantitative estimate of drug-likeness (QED) is 0.843. The van der Waals surface area contributed by atoms with Crippen molar-refractivity contribution in [2.24, 2.45) is 0 Å². The Labute approximate surface area is 140 Å². The third-order valence-corrected chi connectivity index (χ3v) is 5.61. The largest absolute Gasteiger partial charge is 0.330 e. The van der Waals surface area contributed by atoms with Crippen LogP contribution in [0.2, 0.25) is 0 Å². The SMILES string of the molecule is Cc1cccc(Nc2nn(C[NH+]3CCCCC3)c(=S)s2)c1C. The summed E-state index contributed by atoms with van der Waals surface area (Å²) in [6.07, 6.45) is 4.01. The number of nitrogens with one attached hydrogen (secondary N) is 2. The van der Waals surface area contributed by atoms with Crippen molar-refractivity contribution < 1.29 is 4.90 Å². The monoisotopic (exact) mass is 335 g/mol. The number of piperidine rings is 1. The first kappa shape index (κ1) is 15.6. The summed E-state index contributed by atoms with van der Waals surface area (Å²) in [5, 5.41) is 8.98. The van der Waals surface area contributed by atoms with Crippen molar-refractivity contribution in [2.75, 3.05) is 18.4 Å². The highest BCUT2D eigenvalue weighted by atomic mass is 32.1. The second kappa shape index (κ2) is 6.89. The smallest absolute Gasteiger partial charge is 0.209 e. The molecule has 0 atom stereocenters. The highest BCUT2D eigenvalue weighted by molar-refractivity contribution is 7.73. The van der Waals surface area contributed by atoms with Gasteiger partial charge in [-0.15, -0.1) is 5.10 Å². The lowest BCUT2D eigenvalue weighted by Gasteiger charge is -2.22. The number of benzene rings is 1. The van der Waals surface area contributed by atoms with Crippen LogP contribution in [-0.2, 0) is 6.67 Å². The van der Waals surface area contributed by atoms with E-state index in [9.17, 15) is 0 Å². The van der Waals surface area contributed by atoms with Crippen LogP contribution in [0.1, 0.15) is 30.4 Å². The molecule has 22 heavy (non-hydrogen) atoms. The Hall–Kier alpha value is -1.24. The molecule has 0 spiro atoms. The Kier molecular flexibility index (Phi) is 4.90. The van der Waals surface area contributed by atoms with E-state index in [4.69, 9.17) is 12.2 Å². The average molecular weight is 336 g/mol. The molecule has 1 fully saturated rings. The molecule has 1 aromatic heterocycles. The highest BCUT2D eigenvalue weighted by Crippen LogP contribution is 2.24. The lowest BCUT2D eigenvalue weighted by atomic mass is 10.1. The van der Waals surface area contributed by atoms with Gasteiger partial charge in [0, 0.05) is 5.69 Å². The van der Waals surface area contributed by atoms with Gasteiger partial charge in [-0.1, -0.05) is 23.5 Å². The zero-order valence-electron chi connectivity index (χ0n) is 13.2. The fourth-order valence-corrected chi connectivity index (χ4v) is 3.90. The Morgan fingerprint density at radius 3 is 2.82 bits per heavy atom. The van der Waals surface area contributed by atoms with Crippen molar-refractivity contribution in [1.82, 2.24) is 9.78 Å². The van der Waals surface area contributed by atoms with E-state index in [2.05, 4.69) is 42.5 Å². The van der Waals surface area contributed by atoms with E-state index >= 15 is 0 Å². The van der Waals surface area contributed by atoms with Gasteiger partial charge in [-0.3, -0.25) is 0 Å². The van der Waals surface area contributed by atoms with Crippen LogP contribution in [0.4, 0.5) is 10.8 Å². The Morgan fingerprint density at radius 1 is 1.27 bits per heavy atom. The number of likely N-dealkylation sites (tertiary alicyclic amines) is 1. The number of nitrogens with zero attached hydrogens (tertiary/aromatic N) is 2. The molecule has 0 unspecified atom stereocenters. The summed E-state index contributed by atoms with van der Waals surface area (Å²) in [5.74, 6) is 0. The molecule has 1 aromatic carbocycles. The fraction of sp³-hybridized carbons (Fsp3) is 0.500. The summed E-state index contributed by atoms with van der Waals surface area (Å²) in [7, 11) is 0. The molecule has 2 N–H and O–H groups in total. The number of aryl methyl sites for hydroxylation is 1. The summed E-state index contributed by atoms with van der Waals surface area (Å²) in [5.41, 5.74) is 3.66. The lowest BCUT2D eigenvalue weighted by molar-refractivity contribution is -0.928. The van der Waals surface area contributed by atoms with Gasteiger partial charge >= 0.3 is 0 Å². The van der Waals surface area contributed by atoms with E-state index in [1.807, 2.05) is 4.68 Å². The van der Waals surface area contributed by atoms with Crippen molar-refractivity contribution in [3.05, 3.63) is 33.3 Å². The predicted octanol–water partition coefficient (Wildman–Crippen LogP) is 3.06. The Balaban J connectivity index is 1.74. The molecule has 6 heteroatoms. The highest BCUT2D eigenvalue weighted by Gasteiger charge is 2.15. The molecule has 2 heterocycles. The maximum absolute atomic E-state index is 5.48. The normalized spacial score (nSPS) is 15.9. The van der Waals surface area contributed by atoms with Gasteiger partial charge in [-0.2, -0.15) is 4.68 Å². The molecule has 2 aromatic rings. The Morgan fingerprint density at radius 2 is 2.05 bits per heavy atom. The van der Waals surface area contributed by atoms with Gasteiger partial charge < -0.3 is 10.2 Å².